The molecule has 3 aromatic rings. The summed E-state index contributed by atoms with van der Waals surface area (Å²) in [5, 5.41) is 4.04. The van der Waals surface area contributed by atoms with Crippen molar-refractivity contribution in [2.45, 2.75) is 26.8 Å². The fourth-order valence-electron chi connectivity index (χ4n) is 2.75. The van der Waals surface area contributed by atoms with Crippen LogP contribution in [0.3, 0.4) is 0 Å². The maximum absolute atomic E-state index is 13.2. The quantitative estimate of drug-likeness (QED) is 0.639. The molecule has 1 atom stereocenters. The molecule has 0 aliphatic heterocycles. The Hall–Kier alpha value is -3.04. The predicted molar refractivity (Wildman–Crippen MR) is 101 cm³/mol. The minimum absolute atomic E-state index is 0.0534. The molecule has 3 rings (SSSR count). The van der Waals surface area contributed by atoms with Gasteiger partial charge < -0.3 is 4.52 Å². The van der Waals surface area contributed by atoms with E-state index in [9.17, 15) is 4.39 Å². The van der Waals surface area contributed by atoms with Crippen LogP contribution in [-0.4, -0.2) is 33.1 Å². The third kappa shape index (κ3) is 4.57. The van der Waals surface area contributed by atoms with E-state index in [1.54, 1.807) is 24.4 Å². The molecule has 0 bridgehead atoms. The number of halogens is 1. The molecule has 0 saturated heterocycles. The number of pyridine rings is 1. The van der Waals surface area contributed by atoms with E-state index in [0.717, 1.165) is 18.7 Å². The second-order valence-corrected chi connectivity index (χ2v) is 6.05. The van der Waals surface area contributed by atoms with E-state index in [1.165, 1.54) is 12.1 Å². The van der Waals surface area contributed by atoms with E-state index < -0.39 is 0 Å². The molecule has 5 nitrogen and oxygen atoms in total. The fraction of sp³-hybridized carbons (Fsp3) is 0.286. The minimum atomic E-state index is -0.304. The van der Waals surface area contributed by atoms with Gasteiger partial charge in [0.25, 0.3) is 0 Å². The van der Waals surface area contributed by atoms with Crippen molar-refractivity contribution in [1.29, 1.82) is 0 Å². The largest absolute Gasteiger partial charge is 0.337 e. The number of hydrogen-bond donors (Lipinski definition) is 0. The van der Waals surface area contributed by atoms with Gasteiger partial charge in [-0.3, -0.25) is 9.88 Å². The summed E-state index contributed by atoms with van der Waals surface area (Å²) in [6, 6.07) is 9.86. The highest BCUT2D eigenvalue weighted by molar-refractivity contribution is 5.50. The molecule has 1 unspecified atom stereocenters. The van der Waals surface area contributed by atoms with Crippen molar-refractivity contribution >= 4 is 0 Å². The Balaban J connectivity index is 1.75. The third-order valence-corrected chi connectivity index (χ3v) is 4.33. The van der Waals surface area contributed by atoms with Gasteiger partial charge in [0.2, 0.25) is 11.7 Å². The Labute approximate surface area is 158 Å². The molecular weight excluding hydrogens is 343 g/mol. The average molecular weight is 364 g/mol. The lowest BCUT2D eigenvalue weighted by molar-refractivity contribution is 0.189. The molecule has 0 radical (unpaired) electrons. The van der Waals surface area contributed by atoms with Gasteiger partial charge in [-0.25, -0.2) is 4.39 Å². The van der Waals surface area contributed by atoms with Crippen molar-refractivity contribution in [3.8, 4) is 23.4 Å². The van der Waals surface area contributed by atoms with Crippen molar-refractivity contribution < 1.29 is 8.91 Å². The standard InChI is InChI=1S/C21H21FN4O/c1-4-26(5-2)15(3)21-24-20(25-27-21)19-12-11-17(14-23-19)10-9-16-7-6-8-18(22)13-16/h6-8,11-15H,4-5H2,1-3H3. The van der Waals surface area contributed by atoms with Crippen molar-refractivity contribution in [2.24, 2.45) is 0 Å². The van der Waals surface area contributed by atoms with Crippen molar-refractivity contribution in [2.75, 3.05) is 13.1 Å². The zero-order valence-electron chi connectivity index (χ0n) is 15.6. The number of rotatable bonds is 5. The Kier molecular flexibility index (Phi) is 5.94. The third-order valence-electron chi connectivity index (χ3n) is 4.33. The number of aromatic nitrogens is 3. The molecule has 0 saturated carbocycles. The summed E-state index contributed by atoms with van der Waals surface area (Å²) in [7, 11) is 0. The van der Waals surface area contributed by atoms with Crippen LogP contribution in [0.25, 0.3) is 11.5 Å². The molecule has 27 heavy (non-hydrogen) atoms. The van der Waals surface area contributed by atoms with E-state index in [2.05, 4.69) is 45.7 Å². The Morgan fingerprint density at radius 1 is 1.11 bits per heavy atom. The highest BCUT2D eigenvalue weighted by Gasteiger charge is 2.20. The van der Waals surface area contributed by atoms with Crippen LogP contribution in [0, 0.1) is 17.7 Å². The second kappa shape index (κ2) is 8.56. The lowest BCUT2D eigenvalue weighted by Gasteiger charge is -2.22. The van der Waals surface area contributed by atoms with E-state index in [1.807, 2.05) is 13.0 Å². The molecule has 0 spiro atoms. The molecule has 0 amide bonds. The summed E-state index contributed by atoms with van der Waals surface area (Å²) in [6.45, 7) is 8.06. The molecule has 138 valence electrons. The van der Waals surface area contributed by atoms with Gasteiger partial charge in [0.05, 0.1) is 6.04 Å². The highest BCUT2D eigenvalue weighted by Crippen LogP contribution is 2.21. The molecule has 1 aromatic carbocycles. The first-order valence-corrected chi connectivity index (χ1v) is 8.92. The normalized spacial score (nSPS) is 11.9. The van der Waals surface area contributed by atoms with Crippen LogP contribution >= 0.6 is 0 Å². The van der Waals surface area contributed by atoms with Gasteiger partial charge in [-0.1, -0.05) is 36.9 Å². The summed E-state index contributed by atoms with van der Waals surface area (Å²) >= 11 is 0. The summed E-state index contributed by atoms with van der Waals surface area (Å²) < 4.78 is 18.6. The zero-order valence-corrected chi connectivity index (χ0v) is 15.6. The first-order valence-electron chi connectivity index (χ1n) is 8.92. The zero-order chi connectivity index (χ0) is 19.2. The molecule has 2 aromatic heterocycles. The van der Waals surface area contributed by atoms with Crippen LogP contribution in [0.2, 0.25) is 0 Å². The van der Waals surface area contributed by atoms with Gasteiger partial charge in [0.15, 0.2) is 0 Å². The van der Waals surface area contributed by atoms with Gasteiger partial charge in [-0.2, -0.15) is 4.98 Å². The van der Waals surface area contributed by atoms with Crippen molar-refractivity contribution in [3.05, 3.63) is 65.4 Å². The summed E-state index contributed by atoms with van der Waals surface area (Å²) in [6.07, 6.45) is 1.64. The Morgan fingerprint density at radius 2 is 1.89 bits per heavy atom. The Bertz CT molecular complexity index is 952. The molecule has 6 heteroatoms. The van der Waals surface area contributed by atoms with Gasteiger partial charge in [0, 0.05) is 17.3 Å². The van der Waals surface area contributed by atoms with Gasteiger partial charge in [-0.15, -0.1) is 0 Å². The van der Waals surface area contributed by atoms with Gasteiger partial charge in [0.1, 0.15) is 11.5 Å². The second-order valence-electron chi connectivity index (χ2n) is 6.05. The predicted octanol–water partition coefficient (Wildman–Crippen LogP) is 4.07. The topological polar surface area (TPSA) is 55.1 Å². The first kappa shape index (κ1) is 18.7. The smallest absolute Gasteiger partial charge is 0.244 e. The minimum Gasteiger partial charge on any atom is -0.337 e. The summed E-state index contributed by atoms with van der Waals surface area (Å²) in [5.74, 6) is 6.61. The van der Waals surface area contributed by atoms with Gasteiger partial charge in [-0.05, 0) is 50.3 Å². The molecule has 0 aliphatic carbocycles. The van der Waals surface area contributed by atoms with Gasteiger partial charge >= 0.3 is 0 Å². The van der Waals surface area contributed by atoms with Crippen LogP contribution in [0.5, 0.6) is 0 Å². The monoisotopic (exact) mass is 364 g/mol. The molecule has 0 aliphatic rings. The van der Waals surface area contributed by atoms with Crippen LogP contribution < -0.4 is 0 Å². The molecule has 0 fully saturated rings. The molecular formula is C21H21FN4O. The summed E-state index contributed by atoms with van der Waals surface area (Å²) in [4.78, 5) is 11.1. The van der Waals surface area contributed by atoms with Crippen LogP contribution in [0.1, 0.15) is 43.8 Å². The maximum Gasteiger partial charge on any atom is 0.244 e. The lowest BCUT2D eigenvalue weighted by atomic mass is 10.2. The highest BCUT2D eigenvalue weighted by atomic mass is 19.1. The number of benzene rings is 1. The average Bonchev–Trinajstić information content (AvgIpc) is 3.18. The van der Waals surface area contributed by atoms with E-state index >= 15 is 0 Å². The number of nitrogens with zero attached hydrogens (tertiary/aromatic N) is 4. The summed E-state index contributed by atoms with van der Waals surface area (Å²) in [5.41, 5.74) is 1.96. The van der Waals surface area contributed by atoms with Crippen LogP contribution in [0.15, 0.2) is 47.1 Å². The Morgan fingerprint density at radius 3 is 2.56 bits per heavy atom. The maximum atomic E-state index is 13.2. The SMILES string of the molecule is CCN(CC)C(C)c1nc(-c2ccc(C#Cc3cccc(F)c3)cn2)no1. The van der Waals surface area contributed by atoms with E-state index in [0.29, 0.717) is 23.0 Å². The van der Waals surface area contributed by atoms with E-state index in [-0.39, 0.29) is 11.9 Å². The molecule has 2 heterocycles. The lowest BCUT2D eigenvalue weighted by Crippen LogP contribution is -2.26. The number of hydrogen-bond acceptors (Lipinski definition) is 5. The van der Waals surface area contributed by atoms with Crippen molar-refractivity contribution in [1.82, 2.24) is 20.0 Å². The van der Waals surface area contributed by atoms with Crippen molar-refractivity contribution in [3.63, 3.8) is 0 Å². The van der Waals surface area contributed by atoms with E-state index in [4.69, 9.17) is 4.52 Å². The van der Waals surface area contributed by atoms with Crippen LogP contribution in [0.4, 0.5) is 4.39 Å². The molecule has 0 N–H and O–H groups in total. The fourth-order valence-corrected chi connectivity index (χ4v) is 2.75. The first-order chi connectivity index (χ1) is 13.1. The van der Waals surface area contributed by atoms with Crippen LogP contribution in [-0.2, 0) is 0 Å².